The monoisotopic (exact) mass is 358 g/mol. The van der Waals surface area contributed by atoms with Crippen molar-refractivity contribution in [2.45, 2.75) is 6.92 Å². The van der Waals surface area contributed by atoms with E-state index in [0.717, 1.165) is 5.56 Å². The Morgan fingerprint density at radius 2 is 1.71 bits per heavy atom. The van der Waals surface area contributed by atoms with Crippen LogP contribution in [0.1, 0.15) is 15.9 Å². The fourth-order valence-corrected chi connectivity index (χ4v) is 2.22. The summed E-state index contributed by atoms with van der Waals surface area (Å²) in [6.45, 7) is 1.79. The van der Waals surface area contributed by atoms with Gasteiger partial charge in [-0.2, -0.15) is 0 Å². The molecule has 0 aliphatic heterocycles. The van der Waals surface area contributed by atoms with E-state index in [-0.39, 0.29) is 5.56 Å². The van der Waals surface area contributed by atoms with Crippen molar-refractivity contribution in [1.82, 2.24) is 0 Å². The Hall–Kier alpha value is -2.02. The summed E-state index contributed by atoms with van der Waals surface area (Å²) < 4.78 is 39.6. The fourth-order valence-electron chi connectivity index (χ4n) is 1.67. The lowest BCUT2D eigenvalue weighted by Crippen LogP contribution is -2.14. The predicted octanol–water partition coefficient (Wildman–Crippen LogP) is 4.01. The highest BCUT2D eigenvalue weighted by Crippen LogP contribution is 2.28. The molecule has 0 radical (unpaired) electrons. The van der Waals surface area contributed by atoms with E-state index < -0.39 is 23.4 Å². The normalized spacial score (nSPS) is 10.5. The Labute approximate surface area is 127 Å². The average molecular weight is 359 g/mol. The summed E-state index contributed by atoms with van der Waals surface area (Å²) in [4.78, 5) is 11.9. The van der Waals surface area contributed by atoms with Crippen molar-refractivity contribution < 1.29 is 18.0 Å². The standard InChI is InChI=1S/C14H10BrF3N2O/c1-6-2-8(15)12(5-11(6)19)20-14(21)7-3-9(16)13(18)10(17)4-7/h2-5H,19H2,1H3,(H,20,21). The zero-order chi connectivity index (χ0) is 15.7. The summed E-state index contributed by atoms with van der Waals surface area (Å²) in [5.74, 6) is -5.26. The molecule has 1 amide bonds. The number of benzene rings is 2. The maximum atomic E-state index is 13.1. The number of nitrogens with one attached hydrogen (secondary N) is 1. The lowest BCUT2D eigenvalue weighted by molar-refractivity contribution is 0.102. The van der Waals surface area contributed by atoms with Crippen LogP contribution in [0.15, 0.2) is 28.7 Å². The second-order valence-electron chi connectivity index (χ2n) is 4.40. The minimum Gasteiger partial charge on any atom is -0.398 e. The number of halogens is 4. The number of hydrogen-bond acceptors (Lipinski definition) is 2. The zero-order valence-electron chi connectivity index (χ0n) is 10.8. The number of hydrogen-bond donors (Lipinski definition) is 2. The van der Waals surface area contributed by atoms with Crippen LogP contribution in [0.2, 0.25) is 0 Å². The molecule has 0 heterocycles. The minimum absolute atomic E-state index is 0.336. The van der Waals surface area contributed by atoms with E-state index in [1.807, 2.05) is 0 Å². The van der Waals surface area contributed by atoms with E-state index in [4.69, 9.17) is 5.73 Å². The highest BCUT2D eigenvalue weighted by atomic mass is 79.9. The summed E-state index contributed by atoms with van der Waals surface area (Å²) >= 11 is 3.24. The molecule has 3 N–H and O–H groups in total. The van der Waals surface area contributed by atoms with Gasteiger partial charge in [0.15, 0.2) is 17.5 Å². The second-order valence-corrected chi connectivity index (χ2v) is 5.25. The highest BCUT2D eigenvalue weighted by molar-refractivity contribution is 9.10. The second kappa shape index (κ2) is 5.77. The fraction of sp³-hybridized carbons (Fsp3) is 0.0714. The van der Waals surface area contributed by atoms with Crippen molar-refractivity contribution >= 4 is 33.2 Å². The lowest BCUT2D eigenvalue weighted by atomic mass is 10.1. The number of amides is 1. The van der Waals surface area contributed by atoms with Crippen LogP contribution >= 0.6 is 15.9 Å². The molecule has 0 saturated heterocycles. The van der Waals surface area contributed by atoms with Crippen molar-refractivity contribution in [1.29, 1.82) is 0 Å². The summed E-state index contributed by atoms with van der Waals surface area (Å²) in [5.41, 5.74) is 6.99. The maximum absolute atomic E-state index is 13.1. The molecule has 2 aromatic carbocycles. The van der Waals surface area contributed by atoms with Gasteiger partial charge in [-0.15, -0.1) is 0 Å². The number of rotatable bonds is 2. The number of anilines is 2. The van der Waals surface area contributed by atoms with Gasteiger partial charge in [-0.3, -0.25) is 4.79 Å². The molecule has 0 aromatic heterocycles. The Morgan fingerprint density at radius 1 is 1.14 bits per heavy atom. The molecule has 0 aliphatic rings. The van der Waals surface area contributed by atoms with E-state index in [9.17, 15) is 18.0 Å². The summed E-state index contributed by atoms with van der Waals surface area (Å²) in [7, 11) is 0. The molecule has 0 saturated carbocycles. The van der Waals surface area contributed by atoms with Crippen LogP contribution < -0.4 is 11.1 Å². The molecule has 0 fully saturated rings. The number of carbonyl (C=O) groups is 1. The van der Waals surface area contributed by atoms with Gasteiger partial charge >= 0.3 is 0 Å². The van der Waals surface area contributed by atoms with Gasteiger partial charge in [0.05, 0.1) is 5.69 Å². The zero-order valence-corrected chi connectivity index (χ0v) is 12.4. The maximum Gasteiger partial charge on any atom is 0.255 e. The molecule has 0 aliphatic carbocycles. The van der Waals surface area contributed by atoms with Crippen molar-refractivity contribution in [3.63, 3.8) is 0 Å². The SMILES string of the molecule is Cc1cc(Br)c(NC(=O)c2cc(F)c(F)c(F)c2)cc1N. The van der Waals surface area contributed by atoms with E-state index in [2.05, 4.69) is 21.2 Å². The predicted molar refractivity (Wildman–Crippen MR) is 77.6 cm³/mol. The summed E-state index contributed by atoms with van der Waals surface area (Å²) in [6.07, 6.45) is 0. The van der Waals surface area contributed by atoms with Gasteiger partial charge in [0.1, 0.15) is 0 Å². The van der Waals surface area contributed by atoms with Gasteiger partial charge in [0.2, 0.25) is 0 Å². The molecule has 0 atom stereocenters. The van der Waals surface area contributed by atoms with E-state index in [0.29, 0.717) is 28.0 Å². The molecule has 3 nitrogen and oxygen atoms in total. The molecule has 21 heavy (non-hydrogen) atoms. The first-order chi connectivity index (χ1) is 9.79. The van der Waals surface area contributed by atoms with Crippen LogP contribution in [0.25, 0.3) is 0 Å². The first kappa shape index (κ1) is 15.4. The quantitative estimate of drug-likeness (QED) is 0.629. The van der Waals surface area contributed by atoms with Gasteiger partial charge in [-0.25, -0.2) is 13.2 Å². The van der Waals surface area contributed by atoms with Crippen LogP contribution in [0, 0.1) is 24.4 Å². The molecule has 0 bridgehead atoms. The smallest absolute Gasteiger partial charge is 0.255 e. The van der Waals surface area contributed by atoms with E-state index in [1.54, 1.807) is 13.0 Å². The van der Waals surface area contributed by atoms with Crippen LogP contribution in [-0.4, -0.2) is 5.91 Å². The van der Waals surface area contributed by atoms with Crippen molar-refractivity contribution in [2.75, 3.05) is 11.1 Å². The molecular formula is C14H10BrF3N2O. The highest BCUT2D eigenvalue weighted by Gasteiger charge is 2.16. The van der Waals surface area contributed by atoms with Gasteiger partial charge < -0.3 is 11.1 Å². The molecule has 2 rings (SSSR count). The van der Waals surface area contributed by atoms with Gasteiger partial charge in [-0.05, 0) is 52.7 Å². The van der Waals surface area contributed by atoms with Crippen LogP contribution in [-0.2, 0) is 0 Å². The Morgan fingerprint density at radius 3 is 2.29 bits per heavy atom. The van der Waals surface area contributed by atoms with Crippen LogP contribution in [0.4, 0.5) is 24.5 Å². The Kier molecular flexibility index (Phi) is 4.22. The van der Waals surface area contributed by atoms with E-state index >= 15 is 0 Å². The topological polar surface area (TPSA) is 55.1 Å². The van der Waals surface area contributed by atoms with Gasteiger partial charge in [-0.1, -0.05) is 0 Å². The largest absolute Gasteiger partial charge is 0.398 e. The minimum atomic E-state index is -1.62. The Bertz CT molecular complexity index is 711. The molecule has 0 spiro atoms. The summed E-state index contributed by atoms with van der Waals surface area (Å²) in [6, 6.07) is 4.45. The molecule has 0 unspecified atom stereocenters. The first-order valence-corrected chi connectivity index (χ1v) is 6.60. The third-order valence-corrected chi connectivity index (χ3v) is 3.51. The average Bonchev–Trinajstić information content (AvgIpc) is 2.41. The van der Waals surface area contributed by atoms with Crippen LogP contribution in [0.3, 0.4) is 0 Å². The van der Waals surface area contributed by atoms with Crippen molar-refractivity contribution in [2.24, 2.45) is 0 Å². The van der Waals surface area contributed by atoms with E-state index in [1.165, 1.54) is 6.07 Å². The third-order valence-electron chi connectivity index (χ3n) is 2.85. The van der Waals surface area contributed by atoms with Gasteiger partial charge in [0.25, 0.3) is 5.91 Å². The lowest BCUT2D eigenvalue weighted by Gasteiger charge is -2.10. The molecule has 110 valence electrons. The molecular weight excluding hydrogens is 349 g/mol. The number of aryl methyl sites for hydroxylation is 1. The first-order valence-electron chi connectivity index (χ1n) is 5.81. The van der Waals surface area contributed by atoms with Crippen molar-refractivity contribution in [3.05, 3.63) is 57.3 Å². The number of carbonyl (C=O) groups excluding carboxylic acids is 1. The third kappa shape index (κ3) is 3.18. The number of nitrogens with two attached hydrogens (primary N) is 1. The van der Waals surface area contributed by atoms with Gasteiger partial charge in [0, 0.05) is 15.7 Å². The summed E-state index contributed by atoms with van der Waals surface area (Å²) in [5, 5.41) is 2.45. The molecule has 2 aromatic rings. The van der Waals surface area contributed by atoms with Crippen molar-refractivity contribution in [3.8, 4) is 0 Å². The number of nitrogen functional groups attached to an aromatic ring is 1. The van der Waals surface area contributed by atoms with Crippen LogP contribution in [0.5, 0.6) is 0 Å². The molecule has 7 heteroatoms. The Balaban J connectivity index is 2.32.